The lowest BCUT2D eigenvalue weighted by atomic mass is 10.1. The van der Waals surface area contributed by atoms with Gasteiger partial charge in [0.15, 0.2) is 0 Å². The topological polar surface area (TPSA) is 59.3 Å². The third-order valence-corrected chi connectivity index (χ3v) is 7.05. The van der Waals surface area contributed by atoms with Crippen LogP contribution in [0.4, 0.5) is 0 Å². The van der Waals surface area contributed by atoms with Crippen molar-refractivity contribution in [3.63, 3.8) is 0 Å². The zero-order chi connectivity index (χ0) is 23.9. The Hall–Kier alpha value is -2.12. The number of hydrogen-bond donors (Lipinski definition) is 2. The fourth-order valence-corrected chi connectivity index (χ4v) is 5.04. The maximum atomic E-state index is 6.17. The number of halogens is 2. The van der Waals surface area contributed by atoms with E-state index >= 15 is 0 Å². The highest BCUT2D eigenvalue weighted by Crippen LogP contribution is 2.25. The summed E-state index contributed by atoms with van der Waals surface area (Å²) < 4.78 is 12.4. The molecule has 0 radical (unpaired) electrons. The number of nitrogens with zero attached hydrogens (tertiary/aromatic N) is 1. The summed E-state index contributed by atoms with van der Waals surface area (Å²) in [6, 6.07) is 12.2. The molecule has 1 aliphatic rings. The molecule has 1 atom stereocenters. The molecule has 3 aromatic rings. The highest BCUT2D eigenvalue weighted by Gasteiger charge is 2.14. The van der Waals surface area contributed by atoms with E-state index in [-0.39, 0.29) is 0 Å². The van der Waals surface area contributed by atoms with Gasteiger partial charge in [-0.2, -0.15) is 0 Å². The number of aromatic nitrogens is 1. The number of nitrogens with one attached hydrogen (secondary N) is 2. The molecule has 2 heterocycles. The van der Waals surface area contributed by atoms with Crippen molar-refractivity contribution in [3.8, 4) is 5.75 Å². The van der Waals surface area contributed by atoms with E-state index in [0.29, 0.717) is 17.5 Å². The van der Waals surface area contributed by atoms with Crippen molar-refractivity contribution in [2.75, 3.05) is 26.2 Å². The summed E-state index contributed by atoms with van der Waals surface area (Å²) in [4.78, 5) is 0. The lowest BCUT2D eigenvalue weighted by molar-refractivity contribution is 0.320. The predicted molar refractivity (Wildman–Crippen MR) is 142 cm³/mol. The van der Waals surface area contributed by atoms with Gasteiger partial charge in [0.1, 0.15) is 11.5 Å². The Morgan fingerprint density at radius 2 is 2.12 bits per heavy atom. The summed E-state index contributed by atoms with van der Waals surface area (Å²) in [5.74, 6) is 2.43. The molecule has 0 amide bonds. The number of rotatable bonds is 10. The molecule has 0 aliphatic carbocycles. The lowest BCUT2D eigenvalue weighted by Gasteiger charge is -2.13. The molecule has 1 unspecified atom stereocenters. The summed E-state index contributed by atoms with van der Waals surface area (Å²) >= 11 is 9.68. The van der Waals surface area contributed by atoms with Crippen LogP contribution in [-0.4, -0.2) is 31.4 Å². The highest BCUT2D eigenvalue weighted by atomic mass is 79.9. The van der Waals surface area contributed by atoms with Gasteiger partial charge in [-0.25, -0.2) is 0 Å². The molecular weight excluding hydrogens is 514 g/mol. The molecule has 34 heavy (non-hydrogen) atoms. The first-order chi connectivity index (χ1) is 16.5. The highest BCUT2D eigenvalue weighted by molar-refractivity contribution is 9.10. The van der Waals surface area contributed by atoms with Gasteiger partial charge in [0.2, 0.25) is 0 Å². The van der Waals surface area contributed by atoms with Crippen LogP contribution in [-0.2, 0) is 13.0 Å². The maximum Gasteiger partial charge on any atom is 0.137 e. The molecule has 1 aromatic heterocycles. The Morgan fingerprint density at radius 3 is 2.85 bits per heavy atom. The van der Waals surface area contributed by atoms with Gasteiger partial charge in [0.05, 0.1) is 12.3 Å². The van der Waals surface area contributed by atoms with E-state index in [1.54, 1.807) is 0 Å². The Bertz CT molecular complexity index is 1120. The zero-order valence-corrected chi connectivity index (χ0v) is 22.0. The smallest absolute Gasteiger partial charge is 0.137 e. The van der Waals surface area contributed by atoms with Crippen LogP contribution >= 0.6 is 27.5 Å². The fourth-order valence-electron chi connectivity index (χ4n) is 4.23. The predicted octanol–water partition coefficient (Wildman–Crippen LogP) is 6.20. The van der Waals surface area contributed by atoms with Crippen molar-refractivity contribution in [2.45, 2.75) is 33.2 Å². The van der Waals surface area contributed by atoms with Gasteiger partial charge in [-0.3, -0.25) is 0 Å². The second kappa shape index (κ2) is 12.0. The van der Waals surface area contributed by atoms with Crippen LogP contribution in [0.3, 0.4) is 0 Å². The summed E-state index contributed by atoms with van der Waals surface area (Å²) in [6.07, 6.45) is 6.20. The molecule has 1 aliphatic heterocycles. The van der Waals surface area contributed by atoms with Crippen LogP contribution < -0.4 is 15.4 Å². The maximum absolute atomic E-state index is 6.17. The summed E-state index contributed by atoms with van der Waals surface area (Å²) in [5, 5.41) is 11.8. The minimum absolute atomic E-state index is 0.569. The summed E-state index contributed by atoms with van der Waals surface area (Å²) in [6.45, 7) is 8.53. The molecule has 2 N–H and O–H groups in total. The molecule has 0 saturated carbocycles. The van der Waals surface area contributed by atoms with Crippen LogP contribution in [0, 0.1) is 19.8 Å². The van der Waals surface area contributed by atoms with Gasteiger partial charge in [-0.05, 0) is 86.8 Å². The fraction of sp³-hybridized carbons (Fsp3) is 0.370. The van der Waals surface area contributed by atoms with Crippen molar-refractivity contribution >= 4 is 39.7 Å². The van der Waals surface area contributed by atoms with Crippen molar-refractivity contribution < 1.29 is 9.26 Å². The van der Waals surface area contributed by atoms with Crippen LogP contribution in [0.15, 0.2) is 45.4 Å². The van der Waals surface area contributed by atoms with E-state index in [2.05, 4.69) is 62.1 Å². The normalized spacial score (nSPS) is 15.9. The standard InChI is InChI=1S/C27H31BrClN3O2/c1-18-26(19(2)34-32-18)8-10-33-25-12-20(3-4-23-5-6-24(29)14-27(23)28)11-22(13-25)17-31-16-21-7-9-30-15-21/h3-6,11-14,21,30-31H,7-10,15-17H2,1-2H3/b4-3+. The average molecular weight is 545 g/mol. The Balaban J connectivity index is 1.47. The third kappa shape index (κ3) is 6.95. The second-order valence-electron chi connectivity index (χ2n) is 8.80. The molecule has 4 rings (SSSR count). The lowest BCUT2D eigenvalue weighted by Crippen LogP contribution is -2.24. The molecule has 0 bridgehead atoms. The van der Waals surface area contributed by atoms with Crippen LogP contribution in [0.2, 0.25) is 5.02 Å². The van der Waals surface area contributed by atoms with Crippen molar-refractivity contribution in [2.24, 2.45) is 5.92 Å². The molecule has 7 heteroatoms. The van der Waals surface area contributed by atoms with Gasteiger partial charge in [0.25, 0.3) is 0 Å². The van der Waals surface area contributed by atoms with Crippen molar-refractivity contribution in [1.82, 2.24) is 15.8 Å². The molecule has 0 spiro atoms. The van der Waals surface area contributed by atoms with E-state index in [0.717, 1.165) is 71.0 Å². The zero-order valence-electron chi connectivity index (χ0n) is 19.7. The van der Waals surface area contributed by atoms with Crippen LogP contribution in [0.1, 0.15) is 40.1 Å². The monoisotopic (exact) mass is 543 g/mol. The van der Waals surface area contributed by atoms with E-state index in [1.165, 1.54) is 12.0 Å². The van der Waals surface area contributed by atoms with Crippen molar-refractivity contribution in [1.29, 1.82) is 0 Å². The second-order valence-corrected chi connectivity index (χ2v) is 10.1. The average Bonchev–Trinajstić information content (AvgIpc) is 3.44. The number of ether oxygens (including phenoxy) is 1. The molecule has 5 nitrogen and oxygen atoms in total. The summed E-state index contributed by atoms with van der Waals surface area (Å²) in [7, 11) is 0. The number of hydrogen-bond acceptors (Lipinski definition) is 5. The Kier molecular flexibility index (Phi) is 8.84. The molecule has 1 fully saturated rings. The van der Waals surface area contributed by atoms with Gasteiger partial charge >= 0.3 is 0 Å². The first kappa shape index (κ1) is 25.0. The van der Waals surface area contributed by atoms with Gasteiger partial charge in [-0.15, -0.1) is 0 Å². The minimum atomic E-state index is 0.569. The molecular formula is C27H31BrClN3O2. The number of aryl methyl sites for hydroxylation is 2. The molecule has 1 saturated heterocycles. The van der Waals surface area contributed by atoms with E-state index in [1.807, 2.05) is 32.0 Å². The quantitative estimate of drug-likeness (QED) is 0.298. The first-order valence-electron chi connectivity index (χ1n) is 11.7. The largest absolute Gasteiger partial charge is 0.493 e. The molecule has 2 aromatic carbocycles. The van der Waals surface area contributed by atoms with E-state index in [9.17, 15) is 0 Å². The van der Waals surface area contributed by atoms with E-state index < -0.39 is 0 Å². The Morgan fingerprint density at radius 1 is 1.24 bits per heavy atom. The van der Waals surface area contributed by atoms with Crippen molar-refractivity contribution in [3.05, 3.63) is 79.6 Å². The Labute approximate surface area is 215 Å². The third-order valence-electron chi connectivity index (χ3n) is 6.13. The minimum Gasteiger partial charge on any atom is -0.493 e. The van der Waals surface area contributed by atoms with Gasteiger partial charge in [0, 0.05) is 28.0 Å². The van der Waals surface area contributed by atoms with E-state index in [4.69, 9.17) is 20.9 Å². The SMILES string of the molecule is Cc1noc(C)c1CCOc1cc(/C=C/c2ccc(Cl)cc2Br)cc(CNCC2CCNC2)c1. The van der Waals surface area contributed by atoms with Crippen LogP contribution in [0.25, 0.3) is 12.2 Å². The van der Waals surface area contributed by atoms with Gasteiger partial charge < -0.3 is 19.9 Å². The molecule has 180 valence electrons. The summed E-state index contributed by atoms with van der Waals surface area (Å²) in [5.41, 5.74) is 5.42. The number of benzene rings is 2. The van der Waals surface area contributed by atoms with Gasteiger partial charge in [-0.1, -0.05) is 57.0 Å². The van der Waals surface area contributed by atoms with Crippen LogP contribution in [0.5, 0.6) is 5.75 Å². The first-order valence-corrected chi connectivity index (χ1v) is 12.9.